The van der Waals surface area contributed by atoms with E-state index < -0.39 is 0 Å². The molecule has 2 aromatic rings. The Morgan fingerprint density at radius 2 is 2.05 bits per heavy atom. The number of carbonyl (C=O) groups excluding carboxylic acids is 1. The Morgan fingerprint density at radius 1 is 1.30 bits per heavy atom. The van der Waals surface area contributed by atoms with Crippen LogP contribution in [-0.2, 0) is 0 Å². The summed E-state index contributed by atoms with van der Waals surface area (Å²) in [6, 6.07) is 10.9. The SMILES string of the molecule is CNC(=O)c1cc2cc(NC=C(C#N)C#N)ccc2s1. The molecule has 0 aliphatic carbocycles. The summed E-state index contributed by atoms with van der Waals surface area (Å²) in [4.78, 5) is 12.2. The van der Waals surface area contributed by atoms with Crippen molar-refractivity contribution in [3.05, 3.63) is 40.9 Å². The first-order chi connectivity index (χ1) is 9.67. The van der Waals surface area contributed by atoms with Crippen molar-refractivity contribution in [1.82, 2.24) is 5.32 Å². The molecule has 1 amide bonds. The number of thiophene rings is 1. The van der Waals surface area contributed by atoms with E-state index in [0.29, 0.717) is 4.88 Å². The van der Waals surface area contributed by atoms with Crippen LogP contribution in [-0.4, -0.2) is 13.0 Å². The van der Waals surface area contributed by atoms with Crippen LogP contribution in [0.3, 0.4) is 0 Å². The van der Waals surface area contributed by atoms with Crippen LogP contribution in [0.25, 0.3) is 10.1 Å². The minimum atomic E-state index is -0.114. The molecule has 2 rings (SSSR count). The molecular weight excluding hydrogens is 272 g/mol. The van der Waals surface area contributed by atoms with Gasteiger partial charge in [0.15, 0.2) is 0 Å². The minimum Gasteiger partial charge on any atom is -0.360 e. The van der Waals surface area contributed by atoms with Crippen LogP contribution in [0.15, 0.2) is 36.0 Å². The standard InChI is InChI=1S/C14H10N4OS/c1-17-14(19)13-5-10-4-11(2-3-12(10)20-13)18-8-9(6-15)7-16/h2-5,8,18H,1H3,(H,17,19). The molecule has 0 aliphatic rings. The fourth-order valence-electron chi connectivity index (χ4n) is 1.61. The van der Waals surface area contributed by atoms with E-state index in [9.17, 15) is 4.79 Å². The number of benzene rings is 1. The fraction of sp³-hybridized carbons (Fsp3) is 0.0714. The highest BCUT2D eigenvalue weighted by atomic mass is 32.1. The topological polar surface area (TPSA) is 88.7 Å². The van der Waals surface area contributed by atoms with E-state index in [1.807, 2.05) is 24.3 Å². The predicted molar refractivity (Wildman–Crippen MR) is 78.1 cm³/mol. The maximum atomic E-state index is 11.6. The lowest BCUT2D eigenvalue weighted by Gasteiger charge is -1.99. The molecule has 0 fully saturated rings. The average Bonchev–Trinajstić information content (AvgIpc) is 2.90. The van der Waals surface area contributed by atoms with Crippen LogP contribution in [0.4, 0.5) is 5.69 Å². The van der Waals surface area contributed by atoms with Crippen molar-refractivity contribution in [1.29, 1.82) is 10.5 Å². The lowest BCUT2D eigenvalue weighted by molar-refractivity contribution is 0.0967. The second-order valence-electron chi connectivity index (χ2n) is 3.87. The molecule has 1 aromatic heterocycles. The zero-order chi connectivity index (χ0) is 14.5. The maximum Gasteiger partial charge on any atom is 0.261 e. The summed E-state index contributed by atoms with van der Waals surface area (Å²) in [6.07, 6.45) is 1.35. The van der Waals surface area contributed by atoms with Gasteiger partial charge < -0.3 is 10.6 Å². The summed E-state index contributed by atoms with van der Waals surface area (Å²) in [5.74, 6) is -0.114. The van der Waals surface area contributed by atoms with Gasteiger partial charge in [0.1, 0.15) is 17.7 Å². The number of hydrogen-bond acceptors (Lipinski definition) is 5. The van der Waals surface area contributed by atoms with Gasteiger partial charge in [-0.2, -0.15) is 10.5 Å². The first kappa shape index (κ1) is 13.6. The van der Waals surface area contributed by atoms with E-state index in [0.717, 1.165) is 15.8 Å². The smallest absolute Gasteiger partial charge is 0.261 e. The third-order valence-electron chi connectivity index (χ3n) is 2.59. The number of nitrogens with zero attached hydrogens (tertiary/aromatic N) is 2. The number of nitrogens with one attached hydrogen (secondary N) is 2. The molecule has 0 atom stereocenters. The van der Waals surface area contributed by atoms with Crippen LogP contribution in [0.5, 0.6) is 0 Å². The first-order valence-corrected chi connectivity index (χ1v) is 6.52. The van der Waals surface area contributed by atoms with Crippen molar-refractivity contribution in [2.24, 2.45) is 0 Å². The molecule has 0 saturated heterocycles. The molecule has 98 valence electrons. The van der Waals surface area contributed by atoms with Crippen LogP contribution < -0.4 is 10.6 Å². The third-order valence-corrected chi connectivity index (χ3v) is 3.71. The molecule has 0 bridgehead atoms. The summed E-state index contributed by atoms with van der Waals surface area (Å²) in [7, 11) is 1.59. The Hall–Kier alpha value is -2.83. The number of fused-ring (bicyclic) bond motifs is 1. The summed E-state index contributed by atoms with van der Waals surface area (Å²) >= 11 is 1.41. The molecule has 20 heavy (non-hydrogen) atoms. The van der Waals surface area contributed by atoms with Crippen molar-refractivity contribution < 1.29 is 4.79 Å². The van der Waals surface area contributed by atoms with E-state index in [4.69, 9.17) is 10.5 Å². The Kier molecular flexibility index (Phi) is 3.99. The van der Waals surface area contributed by atoms with Gasteiger partial charge in [-0.1, -0.05) is 0 Å². The van der Waals surface area contributed by atoms with Crippen molar-refractivity contribution in [3.63, 3.8) is 0 Å². The number of anilines is 1. The largest absolute Gasteiger partial charge is 0.360 e. The van der Waals surface area contributed by atoms with Crippen molar-refractivity contribution >= 4 is 33.0 Å². The molecule has 5 nitrogen and oxygen atoms in total. The Balaban J connectivity index is 2.30. The summed E-state index contributed by atoms with van der Waals surface area (Å²) in [5, 5.41) is 23.7. The average molecular weight is 282 g/mol. The monoisotopic (exact) mass is 282 g/mol. The highest BCUT2D eigenvalue weighted by Gasteiger charge is 2.08. The van der Waals surface area contributed by atoms with Crippen LogP contribution in [0.1, 0.15) is 9.67 Å². The molecule has 0 aliphatic heterocycles. The van der Waals surface area contributed by atoms with Crippen molar-refractivity contribution in [2.75, 3.05) is 12.4 Å². The van der Waals surface area contributed by atoms with E-state index in [2.05, 4.69) is 10.6 Å². The number of amides is 1. The van der Waals surface area contributed by atoms with Crippen LogP contribution in [0.2, 0.25) is 0 Å². The molecule has 0 spiro atoms. The van der Waals surface area contributed by atoms with Gasteiger partial charge >= 0.3 is 0 Å². The molecule has 6 heteroatoms. The molecule has 0 radical (unpaired) electrons. The lowest BCUT2D eigenvalue weighted by Crippen LogP contribution is -2.15. The van der Waals surface area contributed by atoms with Crippen LogP contribution in [0, 0.1) is 22.7 Å². The summed E-state index contributed by atoms with van der Waals surface area (Å²) < 4.78 is 0.999. The first-order valence-electron chi connectivity index (χ1n) is 5.70. The summed E-state index contributed by atoms with van der Waals surface area (Å²) in [6.45, 7) is 0. The lowest BCUT2D eigenvalue weighted by atomic mass is 10.2. The molecule has 0 saturated carbocycles. The molecule has 1 aromatic carbocycles. The summed E-state index contributed by atoms with van der Waals surface area (Å²) in [5.41, 5.74) is 0.753. The molecule has 2 N–H and O–H groups in total. The zero-order valence-corrected chi connectivity index (χ0v) is 11.4. The molecule has 1 heterocycles. The van der Waals surface area contributed by atoms with Gasteiger partial charge in [-0.3, -0.25) is 4.79 Å². The van der Waals surface area contributed by atoms with E-state index >= 15 is 0 Å². The number of carbonyl (C=O) groups is 1. The maximum absolute atomic E-state index is 11.6. The van der Waals surface area contributed by atoms with Crippen molar-refractivity contribution in [3.8, 4) is 12.1 Å². The Labute approximate surface area is 119 Å². The van der Waals surface area contributed by atoms with Gasteiger partial charge in [-0.25, -0.2) is 0 Å². The second-order valence-corrected chi connectivity index (χ2v) is 4.95. The third kappa shape index (κ3) is 2.77. The number of allylic oxidation sites excluding steroid dienone is 1. The van der Waals surface area contributed by atoms with Gasteiger partial charge in [0.25, 0.3) is 5.91 Å². The zero-order valence-electron chi connectivity index (χ0n) is 10.6. The van der Waals surface area contributed by atoms with Gasteiger partial charge in [-0.15, -0.1) is 11.3 Å². The normalized spacial score (nSPS) is 9.35. The second kappa shape index (κ2) is 5.87. The Morgan fingerprint density at radius 3 is 2.70 bits per heavy atom. The van der Waals surface area contributed by atoms with E-state index in [-0.39, 0.29) is 11.5 Å². The highest BCUT2D eigenvalue weighted by Crippen LogP contribution is 2.28. The van der Waals surface area contributed by atoms with Gasteiger partial charge in [0.05, 0.1) is 4.88 Å². The fourth-order valence-corrected chi connectivity index (χ4v) is 2.60. The molecule has 0 unspecified atom stereocenters. The van der Waals surface area contributed by atoms with Crippen molar-refractivity contribution in [2.45, 2.75) is 0 Å². The number of rotatable bonds is 3. The predicted octanol–water partition coefficient (Wildman–Crippen LogP) is 2.60. The van der Waals surface area contributed by atoms with Gasteiger partial charge in [0, 0.05) is 23.6 Å². The highest BCUT2D eigenvalue weighted by molar-refractivity contribution is 7.20. The Bertz CT molecular complexity index is 761. The number of nitriles is 2. The van der Waals surface area contributed by atoms with Gasteiger partial charge in [0.2, 0.25) is 0 Å². The minimum absolute atomic E-state index is 0.00136. The van der Waals surface area contributed by atoms with E-state index in [1.54, 1.807) is 19.2 Å². The quantitative estimate of drug-likeness (QED) is 0.847. The van der Waals surface area contributed by atoms with Crippen LogP contribution >= 0.6 is 11.3 Å². The molecular formula is C14H10N4OS. The number of hydrogen-bond donors (Lipinski definition) is 2. The van der Waals surface area contributed by atoms with Gasteiger partial charge in [-0.05, 0) is 29.7 Å². The van der Waals surface area contributed by atoms with E-state index in [1.165, 1.54) is 17.5 Å².